The van der Waals surface area contributed by atoms with Crippen LogP contribution < -0.4 is 4.74 Å². The fourth-order valence-electron chi connectivity index (χ4n) is 6.97. The molecule has 5 rings (SSSR count). The maximum Gasteiger partial charge on any atom is 0.306 e. The summed E-state index contributed by atoms with van der Waals surface area (Å²) in [6.45, 7) is 4.53. The first-order chi connectivity index (χ1) is 16.5. The van der Waals surface area contributed by atoms with Gasteiger partial charge in [0.05, 0.1) is 17.0 Å². The molecule has 0 amide bonds. The number of nitrogens with zero attached hydrogens (tertiary/aromatic N) is 1. The van der Waals surface area contributed by atoms with Crippen molar-refractivity contribution in [3.05, 3.63) is 40.9 Å². The number of carbonyl (C=O) groups is 1. The second kappa shape index (κ2) is 10.1. The zero-order valence-corrected chi connectivity index (χ0v) is 21.3. The van der Waals surface area contributed by atoms with Crippen LogP contribution in [0.25, 0.3) is 10.8 Å². The maximum atomic E-state index is 11.6. The van der Waals surface area contributed by atoms with Crippen LogP contribution in [0.1, 0.15) is 89.7 Å². The molecule has 2 aliphatic heterocycles. The molecule has 184 valence electrons. The number of piperidine rings is 1. The highest BCUT2D eigenvalue weighted by Crippen LogP contribution is 2.45. The topological polar surface area (TPSA) is 49.8 Å². The van der Waals surface area contributed by atoms with Crippen LogP contribution in [0.3, 0.4) is 0 Å². The van der Waals surface area contributed by atoms with E-state index in [1.54, 1.807) is 0 Å². The second-order valence-corrected chi connectivity index (χ2v) is 11.2. The van der Waals surface area contributed by atoms with Crippen molar-refractivity contribution in [3.8, 4) is 5.75 Å². The third kappa shape index (κ3) is 4.56. The SMILES string of the molecule is CCC1CCC(Oc2ccc3cc(C(CC)N4C5CCC4CC(C(=O)O)C5)ccc3c2Cl)CC1. The van der Waals surface area contributed by atoms with Crippen molar-refractivity contribution >= 4 is 28.3 Å². The Labute approximate surface area is 208 Å². The zero-order valence-electron chi connectivity index (χ0n) is 20.5. The van der Waals surface area contributed by atoms with Gasteiger partial charge in [-0.2, -0.15) is 0 Å². The van der Waals surface area contributed by atoms with Gasteiger partial charge in [0.15, 0.2) is 0 Å². The van der Waals surface area contributed by atoms with E-state index >= 15 is 0 Å². The number of carboxylic acids is 1. The van der Waals surface area contributed by atoms with Crippen molar-refractivity contribution in [2.24, 2.45) is 11.8 Å². The van der Waals surface area contributed by atoms with Crippen LogP contribution in [-0.2, 0) is 4.79 Å². The van der Waals surface area contributed by atoms with E-state index in [1.807, 2.05) is 6.07 Å². The minimum atomic E-state index is -0.624. The Kier molecular flexibility index (Phi) is 7.09. The monoisotopic (exact) mass is 483 g/mol. The van der Waals surface area contributed by atoms with E-state index in [4.69, 9.17) is 16.3 Å². The molecule has 0 radical (unpaired) electrons. The minimum Gasteiger partial charge on any atom is -0.489 e. The van der Waals surface area contributed by atoms with Gasteiger partial charge in [-0.05, 0) is 86.8 Å². The van der Waals surface area contributed by atoms with Crippen molar-refractivity contribution < 1.29 is 14.6 Å². The van der Waals surface area contributed by atoms with Crippen molar-refractivity contribution in [2.75, 3.05) is 0 Å². The summed E-state index contributed by atoms with van der Waals surface area (Å²) in [6.07, 6.45) is 11.1. The van der Waals surface area contributed by atoms with Crippen LogP contribution in [0.4, 0.5) is 0 Å². The molecule has 3 unspecified atom stereocenters. The molecule has 34 heavy (non-hydrogen) atoms. The summed E-state index contributed by atoms with van der Waals surface area (Å²) in [5, 5.41) is 12.5. The number of fused-ring (bicyclic) bond motifs is 3. The lowest BCUT2D eigenvalue weighted by Gasteiger charge is -2.42. The standard InChI is InChI=1S/C29H38ClNO3/c1-3-18-5-11-24(12-6-18)34-27-14-8-19-15-20(7-13-25(19)28(27)30)26(4-2)31-22-9-10-23(31)17-21(16-22)29(32)33/h7-8,13-15,18,21-24,26H,3-6,9-12,16-17H2,1-2H3,(H,32,33). The Morgan fingerprint density at radius 2 is 1.76 bits per heavy atom. The number of ether oxygens (including phenoxy) is 1. The maximum absolute atomic E-state index is 11.6. The van der Waals surface area contributed by atoms with Crippen LogP contribution in [0.5, 0.6) is 5.75 Å². The lowest BCUT2D eigenvalue weighted by atomic mass is 9.86. The summed E-state index contributed by atoms with van der Waals surface area (Å²) >= 11 is 6.84. The van der Waals surface area contributed by atoms with E-state index < -0.39 is 5.97 Å². The predicted octanol–water partition coefficient (Wildman–Crippen LogP) is 7.62. The molecule has 1 saturated carbocycles. The lowest BCUT2D eigenvalue weighted by molar-refractivity contribution is -0.144. The Morgan fingerprint density at radius 1 is 1.06 bits per heavy atom. The van der Waals surface area contributed by atoms with Gasteiger partial charge in [0.25, 0.3) is 0 Å². The average Bonchev–Trinajstić information content (AvgIpc) is 3.09. The Hall–Kier alpha value is -1.78. The first-order valence-corrected chi connectivity index (χ1v) is 13.7. The number of carboxylic acid groups (broad SMARTS) is 1. The largest absolute Gasteiger partial charge is 0.489 e. The van der Waals surface area contributed by atoms with E-state index in [1.165, 1.54) is 24.8 Å². The van der Waals surface area contributed by atoms with Crippen LogP contribution in [0, 0.1) is 11.8 Å². The number of halogens is 1. The summed E-state index contributed by atoms with van der Waals surface area (Å²) in [5.41, 5.74) is 1.31. The molecule has 3 atom stereocenters. The molecule has 0 aromatic heterocycles. The van der Waals surface area contributed by atoms with Crippen molar-refractivity contribution in [1.29, 1.82) is 0 Å². The number of rotatable bonds is 7. The van der Waals surface area contributed by atoms with Crippen LogP contribution in [0.2, 0.25) is 5.02 Å². The molecule has 3 aliphatic rings. The highest BCUT2D eigenvalue weighted by atomic mass is 35.5. The third-order valence-electron chi connectivity index (χ3n) is 8.88. The van der Waals surface area contributed by atoms with Crippen LogP contribution in [-0.4, -0.2) is 34.2 Å². The zero-order chi connectivity index (χ0) is 23.8. The number of aliphatic carboxylic acids is 1. The lowest BCUT2D eigenvalue weighted by Crippen LogP contribution is -2.46. The highest BCUT2D eigenvalue weighted by molar-refractivity contribution is 6.37. The van der Waals surface area contributed by atoms with Gasteiger partial charge in [-0.1, -0.05) is 50.1 Å². The van der Waals surface area contributed by atoms with Gasteiger partial charge in [-0.15, -0.1) is 0 Å². The van der Waals surface area contributed by atoms with Gasteiger partial charge in [0.1, 0.15) is 5.75 Å². The smallest absolute Gasteiger partial charge is 0.306 e. The summed E-state index contributed by atoms with van der Waals surface area (Å²) in [7, 11) is 0. The average molecular weight is 484 g/mol. The van der Waals surface area contributed by atoms with E-state index in [0.717, 1.165) is 72.4 Å². The molecule has 4 nitrogen and oxygen atoms in total. The second-order valence-electron chi connectivity index (χ2n) is 10.8. The van der Waals surface area contributed by atoms with E-state index in [2.05, 4.69) is 43.0 Å². The molecule has 2 bridgehead atoms. The molecule has 5 heteroatoms. The predicted molar refractivity (Wildman–Crippen MR) is 138 cm³/mol. The fourth-order valence-corrected chi connectivity index (χ4v) is 7.25. The van der Waals surface area contributed by atoms with Gasteiger partial charge < -0.3 is 9.84 Å². The molecule has 2 aromatic carbocycles. The van der Waals surface area contributed by atoms with E-state index in [-0.39, 0.29) is 12.0 Å². The Balaban J connectivity index is 1.35. The van der Waals surface area contributed by atoms with Crippen molar-refractivity contribution in [1.82, 2.24) is 4.90 Å². The number of hydrogen-bond acceptors (Lipinski definition) is 3. The van der Waals surface area contributed by atoms with Crippen LogP contribution >= 0.6 is 11.6 Å². The van der Waals surface area contributed by atoms with Gasteiger partial charge in [-0.3, -0.25) is 9.69 Å². The normalized spacial score (nSPS) is 30.4. The number of hydrogen-bond donors (Lipinski definition) is 1. The summed E-state index contributed by atoms with van der Waals surface area (Å²) in [5.74, 6) is 0.850. The Bertz CT molecular complexity index is 1020. The molecule has 2 heterocycles. The van der Waals surface area contributed by atoms with E-state index in [0.29, 0.717) is 18.1 Å². The molecular formula is C29H38ClNO3. The highest BCUT2D eigenvalue weighted by Gasteiger charge is 2.45. The Morgan fingerprint density at radius 3 is 2.38 bits per heavy atom. The molecule has 0 spiro atoms. The van der Waals surface area contributed by atoms with E-state index in [9.17, 15) is 9.90 Å². The molecule has 2 aromatic rings. The quantitative estimate of drug-likeness (QED) is 0.440. The van der Waals surface area contributed by atoms with Gasteiger partial charge in [-0.25, -0.2) is 0 Å². The van der Waals surface area contributed by atoms with Gasteiger partial charge in [0, 0.05) is 23.5 Å². The fraction of sp³-hybridized carbons (Fsp3) is 0.621. The van der Waals surface area contributed by atoms with Gasteiger partial charge in [0.2, 0.25) is 0 Å². The summed E-state index contributed by atoms with van der Waals surface area (Å²) in [6, 6.07) is 11.9. The van der Waals surface area contributed by atoms with Crippen molar-refractivity contribution in [2.45, 2.75) is 102 Å². The molecule has 3 fully saturated rings. The summed E-state index contributed by atoms with van der Waals surface area (Å²) < 4.78 is 6.36. The molecule has 1 N–H and O–H groups in total. The summed E-state index contributed by atoms with van der Waals surface area (Å²) in [4.78, 5) is 14.2. The van der Waals surface area contributed by atoms with Crippen LogP contribution in [0.15, 0.2) is 30.3 Å². The minimum absolute atomic E-state index is 0.183. The molecule has 2 saturated heterocycles. The molecule has 1 aliphatic carbocycles. The number of benzene rings is 2. The van der Waals surface area contributed by atoms with Gasteiger partial charge >= 0.3 is 5.97 Å². The molecular weight excluding hydrogens is 446 g/mol. The third-order valence-corrected chi connectivity index (χ3v) is 9.27. The first kappa shape index (κ1) is 23.9. The van der Waals surface area contributed by atoms with Crippen molar-refractivity contribution in [3.63, 3.8) is 0 Å². The first-order valence-electron chi connectivity index (χ1n) is 13.4.